The molecular weight excluding hydrogens is 312 g/mol. The van der Waals surface area contributed by atoms with Crippen LogP contribution in [-0.2, 0) is 4.79 Å². The molecule has 0 saturated heterocycles. The minimum Gasteiger partial charge on any atom is -0.481 e. The van der Waals surface area contributed by atoms with Gasteiger partial charge in [0.1, 0.15) is 5.75 Å². The summed E-state index contributed by atoms with van der Waals surface area (Å²) >= 11 is 0. The third-order valence-electron chi connectivity index (χ3n) is 4.07. The fourth-order valence-electron chi connectivity index (χ4n) is 2.77. The molecule has 128 valence electrons. The molecule has 25 heavy (non-hydrogen) atoms. The number of nitrogens with zero attached hydrogens (tertiary/aromatic N) is 1. The SMILES string of the molecule is CC(Oc1ccccc1)C(=O)Nc1ccc(N(C)C)c2ccccc12. The molecule has 0 spiro atoms. The Bertz CT molecular complexity index is 875. The molecule has 0 aliphatic heterocycles. The minimum absolute atomic E-state index is 0.174. The van der Waals surface area contributed by atoms with E-state index in [0.29, 0.717) is 5.75 Å². The number of carbonyl (C=O) groups is 1. The number of rotatable bonds is 5. The maximum absolute atomic E-state index is 12.5. The van der Waals surface area contributed by atoms with E-state index in [-0.39, 0.29) is 5.91 Å². The first kappa shape index (κ1) is 16.8. The summed E-state index contributed by atoms with van der Waals surface area (Å²) in [6.45, 7) is 1.75. The Morgan fingerprint density at radius 3 is 2.24 bits per heavy atom. The van der Waals surface area contributed by atoms with E-state index < -0.39 is 6.10 Å². The normalized spacial score (nSPS) is 11.8. The average molecular weight is 334 g/mol. The molecule has 3 aromatic rings. The van der Waals surface area contributed by atoms with Gasteiger partial charge in [-0.25, -0.2) is 0 Å². The Morgan fingerprint density at radius 1 is 0.920 bits per heavy atom. The number of benzene rings is 3. The van der Waals surface area contributed by atoms with Gasteiger partial charge < -0.3 is 15.0 Å². The summed E-state index contributed by atoms with van der Waals surface area (Å²) in [5, 5.41) is 5.10. The zero-order valence-corrected chi connectivity index (χ0v) is 14.7. The van der Waals surface area contributed by atoms with Gasteiger partial charge in [0, 0.05) is 36.2 Å². The Labute approximate surface area is 148 Å². The van der Waals surface area contributed by atoms with Gasteiger partial charge in [0.15, 0.2) is 6.10 Å². The smallest absolute Gasteiger partial charge is 0.265 e. The molecular formula is C21H22N2O2. The molecule has 4 heteroatoms. The number of ether oxygens (including phenoxy) is 1. The molecule has 0 saturated carbocycles. The first-order valence-corrected chi connectivity index (χ1v) is 8.28. The van der Waals surface area contributed by atoms with Crippen LogP contribution in [0.15, 0.2) is 66.7 Å². The topological polar surface area (TPSA) is 41.6 Å². The van der Waals surface area contributed by atoms with Crippen LogP contribution >= 0.6 is 0 Å². The van der Waals surface area contributed by atoms with Crippen LogP contribution in [0.1, 0.15) is 6.92 Å². The van der Waals surface area contributed by atoms with E-state index in [2.05, 4.69) is 16.3 Å². The summed E-state index contributed by atoms with van der Waals surface area (Å²) in [5.74, 6) is 0.504. The monoisotopic (exact) mass is 334 g/mol. The van der Waals surface area contributed by atoms with Crippen LogP contribution in [0.3, 0.4) is 0 Å². The summed E-state index contributed by atoms with van der Waals surface area (Å²) < 4.78 is 5.70. The average Bonchev–Trinajstić information content (AvgIpc) is 2.62. The fraction of sp³-hybridized carbons (Fsp3) is 0.190. The van der Waals surface area contributed by atoms with Crippen LogP contribution in [0.25, 0.3) is 10.8 Å². The van der Waals surface area contributed by atoms with Gasteiger partial charge in [-0.15, -0.1) is 0 Å². The fourth-order valence-corrected chi connectivity index (χ4v) is 2.77. The van der Waals surface area contributed by atoms with Crippen LogP contribution in [0.4, 0.5) is 11.4 Å². The molecule has 3 rings (SSSR count). The van der Waals surface area contributed by atoms with Crippen LogP contribution in [0.5, 0.6) is 5.75 Å². The standard InChI is InChI=1S/C21H22N2O2/c1-15(25-16-9-5-4-6-10-16)21(24)22-19-13-14-20(23(2)3)18-12-8-7-11-17(18)19/h4-15H,1-3H3,(H,22,24). The van der Waals surface area contributed by atoms with Crippen molar-refractivity contribution in [3.8, 4) is 5.75 Å². The Kier molecular flexibility index (Phi) is 4.89. The van der Waals surface area contributed by atoms with Crippen LogP contribution < -0.4 is 15.0 Å². The second kappa shape index (κ2) is 7.26. The number of amides is 1. The van der Waals surface area contributed by atoms with E-state index in [1.165, 1.54) is 0 Å². The summed E-state index contributed by atoms with van der Waals surface area (Å²) in [6.07, 6.45) is -0.588. The number of hydrogen-bond donors (Lipinski definition) is 1. The predicted octanol–water partition coefficient (Wildman–Crippen LogP) is 4.31. The van der Waals surface area contributed by atoms with E-state index in [9.17, 15) is 4.79 Å². The van der Waals surface area contributed by atoms with E-state index in [4.69, 9.17) is 4.74 Å². The Balaban J connectivity index is 1.83. The van der Waals surface area contributed by atoms with Gasteiger partial charge in [-0.1, -0.05) is 42.5 Å². The molecule has 0 aromatic heterocycles. The molecule has 0 bridgehead atoms. The van der Waals surface area contributed by atoms with Gasteiger partial charge in [-0.3, -0.25) is 4.79 Å². The number of nitrogens with one attached hydrogen (secondary N) is 1. The highest BCUT2D eigenvalue weighted by Crippen LogP contribution is 2.31. The quantitative estimate of drug-likeness (QED) is 0.756. The minimum atomic E-state index is -0.588. The summed E-state index contributed by atoms with van der Waals surface area (Å²) in [5.41, 5.74) is 1.90. The zero-order valence-electron chi connectivity index (χ0n) is 14.7. The maximum Gasteiger partial charge on any atom is 0.265 e. The van der Waals surface area contributed by atoms with Crippen molar-refractivity contribution in [1.82, 2.24) is 0 Å². The van der Waals surface area contributed by atoms with Crippen molar-refractivity contribution in [1.29, 1.82) is 0 Å². The highest BCUT2D eigenvalue weighted by Gasteiger charge is 2.16. The molecule has 0 radical (unpaired) electrons. The second-order valence-electron chi connectivity index (χ2n) is 6.13. The molecule has 3 aromatic carbocycles. The van der Waals surface area contributed by atoms with E-state index in [1.54, 1.807) is 6.92 Å². The van der Waals surface area contributed by atoms with Crippen molar-refractivity contribution >= 4 is 28.1 Å². The molecule has 1 N–H and O–H groups in total. The van der Waals surface area contributed by atoms with E-state index in [1.807, 2.05) is 74.8 Å². The largest absolute Gasteiger partial charge is 0.481 e. The van der Waals surface area contributed by atoms with Crippen LogP contribution in [-0.4, -0.2) is 26.1 Å². The lowest BCUT2D eigenvalue weighted by atomic mass is 10.1. The van der Waals surface area contributed by atoms with Crippen molar-refractivity contribution in [2.75, 3.05) is 24.3 Å². The molecule has 1 atom stereocenters. The summed E-state index contributed by atoms with van der Waals surface area (Å²) in [7, 11) is 4.02. The number of fused-ring (bicyclic) bond motifs is 1. The molecule has 1 unspecified atom stereocenters. The van der Waals surface area contributed by atoms with Gasteiger partial charge >= 0.3 is 0 Å². The lowest BCUT2D eigenvalue weighted by molar-refractivity contribution is -0.122. The molecule has 4 nitrogen and oxygen atoms in total. The van der Waals surface area contributed by atoms with Gasteiger partial charge in [0.05, 0.1) is 0 Å². The molecule has 1 amide bonds. The van der Waals surface area contributed by atoms with Crippen LogP contribution in [0.2, 0.25) is 0 Å². The first-order chi connectivity index (χ1) is 12.1. The number of para-hydroxylation sites is 1. The van der Waals surface area contributed by atoms with Gasteiger partial charge in [0.2, 0.25) is 0 Å². The Hall–Kier alpha value is -3.01. The van der Waals surface area contributed by atoms with Crippen molar-refractivity contribution in [3.63, 3.8) is 0 Å². The number of carbonyl (C=O) groups excluding carboxylic acids is 1. The predicted molar refractivity (Wildman–Crippen MR) is 103 cm³/mol. The third-order valence-corrected chi connectivity index (χ3v) is 4.07. The Morgan fingerprint density at radius 2 is 1.56 bits per heavy atom. The van der Waals surface area contributed by atoms with Crippen molar-refractivity contribution in [3.05, 3.63) is 66.7 Å². The van der Waals surface area contributed by atoms with Crippen molar-refractivity contribution < 1.29 is 9.53 Å². The lowest BCUT2D eigenvalue weighted by Crippen LogP contribution is -2.30. The van der Waals surface area contributed by atoms with Gasteiger partial charge in [0.25, 0.3) is 5.91 Å². The number of anilines is 2. The molecule has 0 heterocycles. The van der Waals surface area contributed by atoms with E-state index >= 15 is 0 Å². The third kappa shape index (κ3) is 3.74. The number of hydrogen-bond acceptors (Lipinski definition) is 3. The zero-order chi connectivity index (χ0) is 17.8. The first-order valence-electron chi connectivity index (χ1n) is 8.28. The molecule has 0 fully saturated rings. The van der Waals surface area contributed by atoms with Gasteiger partial charge in [-0.2, -0.15) is 0 Å². The summed E-state index contributed by atoms with van der Waals surface area (Å²) in [6, 6.07) is 21.4. The van der Waals surface area contributed by atoms with E-state index in [0.717, 1.165) is 22.1 Å². The molecule has 0 aliphatic carbocycles. The lowest BCUT2D eigenvalue weighted by Gasteiger charge is -2.19. The molecule has 0 aliphatic rings. The maximum atomic E-state index is 12.5. The van der Waals surface area contributed by atoms with Crippen molar-refractivity contribution in [2.45, 2.75) is 13.0 Å². The second-order valence-corrected chi connectivity index (χ2v) is 6.13. The highest BCUT2D eigenvalue weighted by atomic mass is 16.5. The van der Waals surface area contributed by atoms with Gasteiger partial charge in [-0.05, 0) is 31.2 Å². The van der Waals surface area contributed by atoms with Crippen molar-refractivity contribution in [2.24, 2.45) is 0 Å². The summed E-state index contributed by atoms with van der Waals surface area (Å²) in [4.78, 5) is 14.6. The highest BCUT2D eigenvalue weighted by molar-refractivity contribution is 6.07. The van der Waals surface area contributed by atoms with Crippen LogP contribution in [0, 0.1) is 0 Å².